The molecule has 0 spiro atoms. The minimum absolute atomic E-state index is 0.373. The lowest BCUT2D eigenvalue weighted by molar-refractivity contribution is -0.131. The first-order chi connectivity index (χ1) is 24.1. The number of hydrogen-bond acceptors (Lipinski definition) is 4. The zero-order chi connectivity index (χ0) is 35.9. The van der Waals surface area contributed by atoms with Crippen molar-refractivity contribution in [2.75, 3.05) is 6.61 Å². The van der Waals surface area contributed by atoms with E-state index < -0.39 is 24.2 Å². The highest BCUT2D eigenvalue weighted by Crippen LogP contribution is 2.16. The van der Waals surface area contributed by atoms with E-state index in [4.69, 9.17) is 0 Å². The maximum absolute atomic E-state index is 12.4. The lowest BCUT2D eigenvalue weighted by Gasteiger charge is -2.21. The summed E-state index contributed by atoms with van der Waals surface area (Å²) in [6.45, 7) is 4.16. The van der Waals surface area contributed by atoms with Gasteiger partial charge in [0, 0.05) is 0 Å². The van der Waals surface area contributed by atoms with Crippen LogP contribution in [0.1, 0.15) is 226 Å². The average molecular weight is 692 g/mol. The summed E-state index contributed by atoms with van der Waals surface area (Å²) in [6.07, 6.45) is 47.8. The minimum Gasteiger partial charge on any atom is -0.394 e. The van der Waals surface area contributed by atoms with Crippen LogP contribution in [0.25, 0.3) is 0 Å². The molecule has 0 bridgehead atoms. The number of carbonyl (C=O) groups is 1. The SMILES string of the molecule is CCCCCCCCC/C=C/CC/C=C/C(O)C(CO)NC(=O)C(O)CCCCCCCCCCCCCCCCCCCCCCCC. The Balaban J connectivity index is 3.64. The third-order valence-corrected chi connectivity index (χ3v) is 10.0. The lowest BCUT2D eigenvalue weighted by atomic mass is 10.0. The van der Waals surface area contributed by atoms with Crippen molar-refractivity contribution in [3.8, 4) is 0 Å². The van der Waals surface area contributed by atoms with Crippen LogP contribution in [0.2, 0.25) is 0 Å². The Labute approximate surface area is 305 Å². The van der Waals surface area contributed by atoms with Crippen LogP contribution in [-0.2, 0) is 4.79 Å². The molecule has 0 aromatic heterocycles. The Morgan fingerprint density at radius 1 is 0.490 bits per heavy atom. The largest absolute Gasteiger partial charge is 0.394 e. The van der Waals surface area contributed by atoms with Crippen molar-refractivity contribution in [1.82, 2.24) is 5.32 Å². The first kappa shape index (κ1) is 47.8. The monoisotopic (exact) mass is 692 g/mol. The average Bonchev–Trinajstić information content (AvgIpc) is 3.11. The molecule has 0 radical (unpaired) electrons. The molecule has 0 heterocycles. The van der Waals surface area contributed by atoms with Gasteiger partial charge in [0.05, 0.1) is 18.8 Å². The quantitative estimate of drug-likeness (QED) is 0.0381. The molecule has 0 rings (SSSR count). The summed E-state index contributed by atoms with van der Waals surface area (Å²) < 4.78 is 0. The molecule has 0 fully saturated rings. The predicted molar refractivity (Wildman–Crippen MR) is 213 cm³/mol. The third-order valence-electron chi connectivity index (χ3n) is 10.0. The van der Waals surface area contributed by atoms with Crippen molar-refractivity contribution < 1.29 is 20.1 Å². The van der Waals surface area contributed by atoms with Crippen molar-refractivity contribution in [2.45, 2.75) is 244 Å². The number of rotatable bonds is 39. The fourth-order valence-corrected chi connectivity index (χ4v) is 6.61. The van der Waals surface area contributed by atoms with Crippen LogP contribution in [0.4, 0.5) is 0 Å². The van der Waals surface area contributed by atoms with E-state index in [0.29, 0.717) is 6.42 Å². The smallest absolute Gasteiger partial charge is 0.249 e. The van der Waals surface area contributed by atoms with Crippen LogP contribution in [-0.4, -0.2) is 46.1 Å². The summed E-state index contributed by atoms with van der Waals surface area (Å²) in [5.41, 5.74) is 0. The fourth-order valence-electron chi connectivity index (χ4n) is 6.61. The van der Waals surface area contributed by atoms with Gasteiger partial charge in [0.25, 0.3) is 0 Å². The van der Waals surface area contributed by atoms with E-state index in [1.165, 1.54) is 167 Å². The Bertz CT molecular complexity index is 724. The summed E-state index contributed by atoms with van der Waals surface area (Å²) in [5.74, 6) is -0.511. The molecule has 0 aliphatic carbocycles. The number of aliphatic hydroxyl groups is 3. The number of carbonyl (C=O) groups excluding carboxylic acids is 1. The van der Waals surface area contributed by atoms with E-state index in [0.717, 1.165) is 38.5 Å². The molecule has 0 aromatic rings. The van der Waals surface area contributed by atoms with Gasteiger partial charge < -0.3 is 20.6 Å². The zero-order valence-corrected chi connectivity index (χ0v) is 32.8. The molecule has 5 heteroatoms. The zero-order valence-electron chi connectivity index (χ0n) is 32.8. The van der Waals surface area contributed by atoms with Gasteiger partial charge in [-0.05, 0) is 32.1 Å². The molecule has 0 aromatic carbocycles. The summed E-state index contributed by atoms with van der Waals surface area (Å²) in [6, 6.07) is -0.809. The molecule has 49 heavy (non-hydrogen) atoms. The molecule has 5 nitrogen and oxygen atoms in total. The van der Waals surface area contributed by atoms with Gasteiger partial charge in [-0.2, -0.15) is 0 Å². The summed E-state index contributed by atoms with van der Waals surface area (Å²) in [7, 11) is 0. The van der Waals surface area contributed by atoms with Gasteiger partial charge in [-0.25, -0.2) is 0 Å². The first-order valence-corrected chi connectivity index (χ1v) is 21.7. The van der Waals surface area contributed by atoms with Crippen molar-refractivity contribution in [3.05, 3.63) is 24.3 Å². The van der Waals surface area contributed by atoms with Gasteiger partial charge in [-0.15, -0.1) is 0 Å². The number of hydrogen-bond donors (Lipinski definition) is 4. The molecule has 0 aliphatic rings. The number of amides is 1. The molecular formula is C44H85NO4. The van der Waals surface area contributed by atoms with Crippen molar-refractivity contribution in [3.63, 3.8) is 0 Å². The van der Waals surface area contributed by atoms with Crippen LogP contribution in [0.5, 0.6) is 0 Å². The summed E-state index contributed by atoms with van der Waals surface area (Å²) >= 11 is 0. The van der Waals surface area contributed by atoms with Gasteiger partial charge >= 0.3 is 0 Å². The van der Waals surface area contributed by atoms with Crippen LogP contribution in [0.3, 0.4) is 0 Å². The molecule has 3 unspecified atom stereocenters. The normalized spacial score (nSPS) is 13.8. The second-order valence-corrected chi connectivity index (χ2v) is 14.9. The Hall–Kier alpha value is -1.17. The van der Waals surface area contributed by atoms with E-state index in [-0.39, 0.29) is 6.61 Å². The molecule has 0 aliphatic heterocycles. The van der Waals surface area contributed by atoms with E-state index in [2.05, 4.69) is 31.3 Å². The molecule has 0 saturated carbocycles. The number of allylic oxidation sites excluding steroid dienone is 3. The number of aliphatic hydroxyl groups excluding tert-OH is 3. The predicted octanol–water partition coefficient (Wildman–Crippen LogP) is 12.2. The van der Waals surface area contributed by atoms with E-state index in [9.17, 15) is 20.1 Å². The van der Waals surface area contributed by atoms with Crippen molar-refractivity contribution in [1.29, 1.82) is 0 Å². The van der Waals surface area contributed by atoms with Crippen molar-refractivity contribution >= 4 is 5.91 Å². The highest BCUT2D eigenvalue weighted by molar-refractivity contribution is 5.80. The second kappa shape index (κ2) is 39.6. The minimum atomic E-state index is -1.10. The van der Waals surface area contributed by atoms with Gasteiger partial charge in [0.2, 0.25) is 5.91 Å². The van der Waals surface area contributed by atoms with E-state index >= 15 is 0 Å². The van der Waals surface area contributed by atoms with Gasteiger partial charge in [-0.1, -0.05) is 218 Å². The standard InChI is InChI=1S/C44H85NO4/c1-3-5-7-9-11-13-15-17-18-19-20-21-22-23-24-25-27-29-31-33-35-37-39-43(48)44(49)45-41(40-46)42(47)38-36-34-32-30-28-26-16-14-12-10-8-6-4-2/h28,30,36,38,41-43,46-48H,3-27,29,31-35,37,39-40H2,1-2H3,(H,45,49)/b30-28+,38-36+. The Morgan fingerprint density at radius 3 is 1.24 bits per heavy atom. The molecule has 3 atom stereocenters. The lowest BCUT2D eigenvalue weighted by Crippen LogP contribution is -2.48. The fraction of sp³-hybridized carbons (Fsp3) is 0.886. The Morgan fingerprint density at radius 2 is 0.837 bits per heavy atom. The van der Waals surface area contributed by atoms with Gasteiger partial charge in [-0.3, -0.25) is 4.79 Å². The topological polar surface area (TPSA) is 89.8 Å². The molecule has 0 saturated heterocycles. The van der Waals surface area contributed by atoms with Gasteiger partial charge in [0.1, 0.15) is 6.10 Å². The first-order valence-electron chi connectivity index (χ1n) is 21.7. The molecule has 1 amide bonds. The van der Waals surface area contributed by atoms with Crippen molar-refractivity contribution in [2.24, 2.45) is 0 Å². The van der Waals surface area contributed by atoms with Crippen LogP contribution in [0.15, 0.2) is 24.3 Å². The van der Waals surface area contributed by atoms with E-state index in [1.54, 1.807) is 6.08 Å². The second-order valence-electron chi connectivity index (χ2n) is 14.9. The maximum Gasteiger partial charge on any atom is 0.249 e. The van der Waals surface area contributed by atoms with E-state index in [1.807, 2.05) is 6.08 Å². The van der Waals surface area contributed by atoms with Gasteiger partial charge in [0.15, 0.2) is 0 Å². The molecule has 4 N–H and O–H groups in total. The van der Waals surface area contributed by atoms with Crippen LogP contribution in [0, 0.1) is 0 Å². The Kier molecular flexibility index (Phi) is 38.7. The summed E-state index contributed by atoms with van der Waals surface area (Å²) in [4.78, 5) is 12.4. The molecule has 290 valence electrons. The third kappa shape index (κ3) is 35.0. The highest BCUT2D eigenvalue weighted by Gasteiger charge is 2.22. The van der Waals surface area contributed by atoms with Crippen LogP contribution < -0.4 is 5.32 Å². The highest BCUT2D eigenvalue weighted by atomic mass is 16.3. The van der Waals surface area contributed by atoms with Crippen LogP contribution >= 0.6 is 0 Å². The summed E-state index contributed by atoms with van der Waals surface area (Å²) in [5, 5.41) is 33.0. The maximum atomic E-state index is 12.4. The number of unbranched alkanes of at least 4 members (excludes halogenated alkanes) is 29. The molecular weight excluding hydrogens is 606 g/mol. The number of nitrogens with one attached hydrogen (secondary N) is 1.